The van der Waals surface area contributed by atoms with E-state index in [1.54, 1.807) is 37.7 Å². The van der Waals surface area contributed by atoms with Gasteiger partial charge in [0.05, 0.1) is 31.2 Å². The molecule has 4 aliphatic rings. The molecule has 7 N–H and O–H groups in total. The Balaban J connectivity index is 0.971. The number of hydrogen-bond acceptors (Lipinski definition) is 11. The van der Waals surface area contributed by atoms with E-state index >= 15 is 0 Å². The van der Waals surface area contributed by atoms with Crippen molar-refractivity contribution >= 4 is 41.4 Å². The van der Waals surface area contributed by atoms with Gasteiger partial charge in [-0.2, -0.15) is 0 Å². The third kappa shape index (κ3) is 17.4. The van der Waals surface area contributed by atoms with Crippen LogP contribution < -0.4 is 31.9 Å². The lowest BCUT2D eigenvalue weighted by Crippen LogP contribution is -2.66. The first-order chi connectivity index (χ1) is 39.1. The van der Waals surface area contributed by atoms with E-state index in [-0.39, 0.29) is 84.2 Å². The van der Waals surface area contributed by atoms with Crippen LogP contribution in [0.2, 0.25) is 0 Å². The molecule has 442 valence electrons. The molecule has 0 radical (unpaired) electrons. The first-order valence-electron chi connectivity index (χ1n) is 30.1. The molecule has 2 saturated heterocycles. The number of benzene rings is 3. The maximum atomic E-state index is 14.5. The monoisotopic (exact) mass is 1120 g/mol. The van der Waals surface area contributed by atoms with Crippen LogP contribution in [0.3, 0.4) is 0 Å². The topological polar surface area (TPSA) is 225 Å². The van der Waals surface area contributed by atoms with Crippen LogP contribution in [0.1, 0.15) is 143 Å². The molecule has 0 aromatic heterocycles. The highest BCUT2D eigenvalue weighted by Gasteiger charge is 2.48. The van der Waals surface area contributed by atoms with Crippen LogP contribution in [0.15, 0.2) is 84.9 Å². The molecule has 7 amide bonds. The summed E-state index contributed by atoms with van der Waals surface area (Å²) >= 11 is 0. The van der Waals surface area contributed by atoms with Crippen molar-refractivity contribution in [3.05, 3.63) is 107 Å². The highest BCUT2D eigenvalue weighted by molar-refractivity contribution is 6.00. The van der Waals surface area contributed by atoms with E-state index in [4.69, 9.17) is 0 Å². The van der Waals surface area contributed by atoms with Gasteiger partial charge < -0.3 is 51.7 Å². The normalized spacial score (nSPS) is 20.2. The minimum absolute atomic E-state index is 0.0388. The molecule has 81 heavy (non-hydrogen) atoms. The maximum Gasteiger partial charge on any atom is 0.251 e. The third-order valence-electron chi connectivity index (χ3n) is 17.8. The lowest BCUT2D eigenvalue weighted by molar-refractivity contribution is -0.154. The van der Waals surface area contributed by atoms with E-state index in [0.29, 0.717) is 52.0 Å². The molecule has 2 aliphatic heterocycles. The van der Waals surface area contributed by atoms with E-state index in [1.807, 2.05) is 72.5 Å². The van der Waals surface area contributed by atoms with Gasteiger partial charge in [0, 0.05) is 62.5 Å². The number of hydrogen-bond donors (Lipinski definition) is 7. The van der Waals surface area contributed by atoms with Crippen molar-refractivity contribution in [1.29, 1.82) is 0 Å². The van der Waals surface area contributed by atoms with Gasteiger partial charge in [-0.1, -0.05) is 99.2 Å². The van der Waals surface area contributed by atoms with Gasteiger partial charge in [0.15, 0.2) is 0 Å². The van der Waals surface area contributed by atoms with Gasteiger partial charge in [0.2, 0.25) is 29.5 Å². The number of amides is 7. The molecule has 7 rings (SSSR count). The van der Waals surface area contributed by atoms with E-state index in [0.717, 1.165) is 94.6 Å². The lowest BCUT2D eigenvalue weighted by Gasteiger charge is -2.48. The van der Waals surface area contributed by atoms with Gasteiger partial charge in [-0.25, -0.2) is 0 Å². The Hall–Kier alpha value is -6.21. The van der Waals surface area contributed by atoms with E-state index in [9.17, 15) is 38.7 Å². The smallest absolute Gasteiger partial charge is 0.251 e. The summed E-state index contributed by atoms with van der Waals surface area (Å²) in [5.74, 6) is -1.90. The Morgan fingerprint density at radius 1 is 0.568 bits per heavy atom. The number of carbonyl (C=O) groups excluding carboxylic acids is 7. The van der Waals surface area contributed by atoms with Crippen LogP contribution in [0.5, 0.6) is 0 Å². The summed E-state index contributed by atoms with van der Waals surface area (Å²) < 4.78 is 0. The Kier molecular flexibility index (Phi) is 23.7. The van der Waals surface area contributed by atoms with Crippen molar-refractivity contribution in [3.8, 4) is 0 Å². The molecule has 0 bridgehead atoms. The predicted molar refractivity (Wildman–Crippen MR) is 314 cm³/mol. The Morgan fingerprint density at radius 2 is 1.01 bits per heavy atom. The summed E-state index contributed by atoms with van der Waals surface area (Å²) in [6.07, 6.45) is 14.1. The fraction of sp³-hybridized carbons (Fsp3) is 0.603. The average molecular weight is 1120 g/mol. The molecule has 0 spiro atoms. The number of carbonyl (C=O) groups is 7. The number of aliphatic hydroxyl groups is 1. The molecule has 0 unspecified atom stereocenters. The Morgan fingerprint density at radius 3 is 1.51 bits per heavy atom. The molecule has 2 saturated carbocycles. The van der Waals surface area contributed by atoms with Crippen LogP contribution in [0.4, 0.5) is 0 Å². The third-order valence-corrected chi connectivity index (χ3v) is 17.8. The van der Waals surface area contributed by atoms with Crippen LogP contribution in [0, 0.1) is 11.8 Å². The second kappa shape index (κ2) is 30.7. The first kappa shape index (κ1) is 62.4. The van der Waals surface area contributed by atoms with Gasteiger partial charge in [-0.05, 0) is 146 Å². The summed E-state index contributed by atoms with van der Waals surface area (Å²) in [5.41, 5.74) is 1.22. The van der Waals surface area contributed by atoms with Gasteiger partial charge in [-0.3, -0.25) is 38.5 Å². The summed E-state index contributed by atoms with van der Waals surface area (Å²) in [7, 11) is 3.46. The maximum absolute atomic E-state index is 14.5. The largest absolute Gasteiger partial charge is 0.374 e. The van der Waals surface area contributed by atoms with Crippen molar-refractivity contribution in [3.63, 3.8) is 0 Å². The molecule has 7 atom stereocenters. The molecular weight excluding hydrogens is 1020 g/mol. The quantitative estimate of drug-likeness (QED) is 0.0550. The number of rotatable bonds is 27. The minimum Gasteiger partial charge on any atom is -0.374 e. The molecule has 3 aromatic carbocycles. The minimum atomic E-state index is -1.39. The molecule has 4 fully saturated rings. The SMILES string of the molecule is CN[C@@H](C)C(=O)N[C@H](C(=O)N1CCC[C@H]1CN(CCc1ccccc1)C(=O)CNC(=O)c1ccc(C(=O)NCC(=O)N(CCc2ccccc2)C[C@@H]2CCCN2[C@@](C)(O)[C@@H](NC(=O)[C@H](C)NC)C2CCCCC2)cc1)C1CCCCC1. The summed E-state index contributed by atoms with van der Waals surface area (Å²) in [6.45, 7) is 7.34. The highest BCUT2D eigenvalue weighted by Crippen LogP contribution is 2.37. The first-order valence-corrected chi connectivity index (χ1v) is 30.1. The highest BCUT2D eigenvalue weighted by atomic mass is 16.3. The number of nitrogens with one attached hydrogen (secondary N) is 6. The molecule has 18 heteroatoms. The number of likely N-dealkylation sites (N-methyl/N-ethyl adjacent to an activating group) is 2. The molecule has 18 nitrogen and oxygen atoms in total. The number of nitrogens with zero attached hydrogens (tertiary/aromatic N) is 4. The summed E-state index contributed by atoms with van der Waals surface area (Å²) in [5, 5.41) is 30.5. The zero-order chi connectivity index (χ0) is 57.9. The van der Waals surface area contributed by atoms with Gasteiger partial charge in [0.1, 0.15) is 11.8 Å². The van der Waals surface area contributed by atoms with Gasteiger partial charge in [-0.15, -0.1) is 0 Å². The summed E-state index contributed by atoms with van der Waals surface area (Å²) in [4.78, 5) is 104. The Bertz CT molecular complexity index is 2520. The molecule has 2 aliphatic carbocycles. The van der Waals surface area contributed by atoms with E-state index < -0.39 is 41.7 Å². The van der Waals surface area contributed by atoms with Gasteiger partial charge in [0.25, 0.3) is 11.8 Å². The molecule has 2 heterocycles. The van der Waals surface area contributed by atoms with Crippen LogP contribution in [0.25, 0.3) is 0 Å². The van der Waals surface area contributed by atoms with Crippen molar-refractivity contribution in [2.45, 2.75) is 165 Å². The average Bonchev–Trinajstić information content (AvgIpc) is 4.20. The van der Waals surface area contributed by atoms with Gasteiger partial charge >= 0.3 is 0 Å². The van der Waals surface area contributed by atoms with Crippen LogP contribution in [-0.2, 0) is 36.8 Å². The fourth-order valence-corrected chi connectivity index (χ4v) is 12.6. The lowest BCUT2D eigenvalue weighted by atomic mass is 9.79. The van der Waals surface area contributed by atoms with Crippen molar-refractivity contribution in [2.75, 3.05) is 66.5 Å². The number of likely N-dealkylation sites (tertiary alicyclic amines) is 2. The molecule has 3 aromatic rings. The zero-order valence-electron chi connectivity index (χ0n) is 48.8. The van der Waals surface area contributed by atoms with Crippen LogP contribution in [-0.4, -0.2) is 174 Å². The van der Waals surface area contributed by atoms with E-state index in [1.165, 1.54) is 24.3 Å². The van der Waals surface area contributed by atoms with E-state index in [2.05, 4.69) is 36.8 Å². The second-order valence-corrected chi connectivity index (χ2v) is 23.3. The zero-order valence-corrected chi connectivity index (χ0v) is 48.8. The Labute approximate surface area is 480 Å². The molecular formula is C63H92N10O8. The fourth-order valence-electron chi connectivity index (χ4n) is 12.6. The second-order valence-electron chi connectivity index (χ2n) is 23.3. The summed E-state index contributed by atoms with van der Waals surface area (Å²) in [6, 6.07) is 23.3. The van der Waals surface area contributed by atoms with Crippen molar-refractivity contribution in [1.82, 2.24) is 51.5 Å². The predicted octanol–water partition coefficient (Wildman–Crippen LogP) is 4.80. The van der Waals surface area contributed by atoms with Crippen molar-refractivity contribution < 1.29 is 38.7 Å². The van der Waals surface area contributed by atoms with Crippen molar-refractivity contribution in [2.24, 2.45) is 11.8 Å². The van der Waals surface area contributed by atoms with Crippen LogP contribution >= 0.6 is 0 Å². The standard InChI is InChI=1S/C63H92N10O8/c1-44(64-4)58(76)68-56(48-24-14-8-15-25-48)62(80)72-36-18-28-52(72)42-70(38-34-46-20-10-6-11-21-46)54(74)40-66-60(78)50-30-32-51(33-31-50)61(79)67-41-55(75)71(39-35-47-22-12-7-13-23-47)43-53-29-19-37-73(53)63(3,81)57(49-26-16-9-17-27-49)69-59(77)45(2)65-5/h6-7,10-13,20-23,30-33,44-45,48-49,52-53,56-57,64-65,81H,8-9,14-19,24-29,34-43H2,1-5H3,(H,66,78)(H,67,79)(H,68,76)(H,69,77)/t44-,45-,52-,53-,56-,57-,63-/m0/s1.